The number of alkyl halides is 2. The monoisotopic (exact) mass is 529 g/mol. The lowest BCUT2D eigenvalue weighted by Gasteiger charge is -2.29. The first-order valence-corrected chi connectivity index (χ1v) is 11.8. The highest BCUT2D eigenvalue weighted by molar-refractivity contribution is 6.31. The van der Waals surface area contributed by atoms with E-state index in [1.807, 2.05) is 0 Å². The quantitative estimate of drug-likeness (QED) is 0.442. The van der Waals surface area contributed by atoms with E-state index in [4.69, 9.17) is 35.3 Å². The molecule has 1 aliphatic heterocycles. The van der Waals surface area contributed by atoms with Crippen molar-refractivity contribution in [2.24, 2.45) is 0 Å². The zero-order valence-electron chi connectivity index (χ0n) is 20.6. The number of benzene rings is 1. The average molecular weight is 530 g/mol. The SMILES string of the molecule is COc1cn(C(CC2COCCO2)C(=O)OC(C)(C)C)c(=O)cc1-c1cc(Cl)ccc1OCC(F)F. The van der Waals surface area contributed by atoms with Crippen LogP contribution in [0.15, 0.2) is 35.3 Å². The van der Waals surface area contributed by atoms with E-state index in [-0.39, 0.29) is 30.1 Å². The number of carbonyl (C=O) groups excluding carboxylic acids is 1. The standard InChI is InChI=1S/C25H30ClF2NO7/c1-25(2,3)36-24(31)19(10-16-13-33-7-8-34-16)29-12-21(32-4)18(11-23(29)30)17-9-15(26)5-6-20(17)35-14-22(27)28/h5-6,9,11-12,16,19,22H,7-8,10,13-14H2,1-4H3. The predicted molar refractivity (Wildman–Crippen MR) is 129 cm³/mol. The molecule has 1 aliphatic rings. The van der Waals surface area contributed by atoms with Crippen LogP contribution in [-0.4, -0.2) is 62.2 Å². The molecule has 0 radical (unpaired) electrons. The first-order valence-electron chi connectivity index (χ1n) is 11.4. The fourth-order valence-electron chi connectivity index (χ4n) is 3.75. The number of halogens is 3. The maximum absolute atomic E-state index is 13.3. The number of hydrogen-bond donors (Lipinski definition) is 0. The molecular weight excluding hydrogens is 500 g/mol. The zero-order chi connectivity index (χ0) is 26.5. The van der Waals surface area contributed by atoms with Crippen LogP contribution in [0.4, 0.5) is 8.78 Å². The molecule has 2 aromatic rings. The van der Waals surface area contributed by atoms with Gasteiger partial charge in [0.05, 0.1) is 39.2 Å². The highest BCUT2D eigenvalue weighted by Gasteiger charge is 2.32. The minimum absolute atomic E-state index is 0.103. The van der Waals surface area contributed by atoms with Gasteiger partial charge in [-0.25, -0.2) is 13.6 Å². The third-order valence-electron chi connectivity index (χ3n) is 5.25. The van der Waals surface area contributed by atoms with Gasteiger partial charge in [-0.2, -0.15) is 0 Å². The Kier molecular flexibility index (Phi) is 9.32. The Balaban J connectivity index is 2.06. The molecule has 0 aliphatic carbocycles. The number of aromatic nitrogens is 1. The van der Waals surface area contributed by atoms with Gasteiger partial charge < -0.3 is 23.7 Å². The summed E-state index contributed by atoms with van der Waals surface area (Å²) in [5, 5.41) is 0.307. The van der Waals surface area contributed by atoms with Crippen LogP contribution in [-0.2, 0) is 19.0 Å². The minimum Gasteiger partial charge on any atom is -0.495 e. The molecule has 0 bridgehead atoms. The van der Waals surface area contributed by atoms with Gasteiger partial charge in [0.1, 0.15) is 29.7 Å². The molecule has 2 atom stereocenters. The van der Waals surface area contributed by atoms with Crippen molar-refractivity contribution in [3.05, 3.63) is 45.8 Å². The van der Waals surface area contributed by atoms with Crippen LogP contribution in [0.2, 0.25) is 5.02 Å². The second-order valence-electron chi connectivity index (χ2n) is 9.20. The lowest BCUT2D eigenvalue weighted by atomic mass is 10.0. The Morgan fingerprint density at radius 1 is 1.19 bits per heavy atom. The third kappa shape index (κ3) is 7.41. The summed E-state index contributed by atoms with van der Waals surface area (Å²) in [7, 11) is 1.39. The molecule has 0 amide bonds. The molecule has 2 heterocycles. The van der Waals surface area contributed by atoms with Crippen LogP contribution in [0.5, 0.6) is 11.5 Å². The third-order valence-corrected chi connectivity index (χ3v) is 5.48. The summed E-state index contributed by atoms with van der Waals surface area (Å²) in [5.74, 6) is -0.308. The van der Waals surface area contributed by atoms with Gasteiger partial charge in [0.2, 0.25) is 0 Å². The molecule has 0 spiro atoms. The van der Waals surface area contributed by atoms with E-state index in [0.717, 1.165) is 0 Å². The molecule has 1 aromatic heterocycles. The van der Waals surface area contributed by atoms with Crippen molar-refractivity contribution in [2.45, 2.75) is 51.4 Å². The average Bonchev–Trinajstić information content (AvgIpc) is 2.81. The smallest absolute Gasteiger partial charge is 0.329 e. The fraction of sp³-hybridized carbons (Fsp3) is 0.520. The topological polar surface area (TPSA) is 85.2 Å². The van der Waals surface area contributed by atoms with E-state index in [2.05, 4.69) is 0 Å². The lowest BCUT2D eigenvalue weighted by Crippen LogP contribution is -2.39. The van der Waals surface area contributed by atoms with Crippen molar-refractivity contribution in [1.82, 2.24) is 4.57 Å². The Morgan fingerprint density at radius 2 is 1.92 bits per heavy atom. The van der Waals surface area contributed by atoms with Crippen molar-refractivity contribution in [2.75, 3.05) is 33.5 Å². The Labute approximate surface area is 213 Å². The molecule has 11 heteroatoms. The number of esters is 1. The molecule has 1 saturated heterocycles. The number of hydrogen-bond acceptors (Lipinski definition) is 7. The van der Waals surface area contributed by atoms with Gasteiger partial charge in [0.15, 0.2) is 0 Å². The molecule has 198 valence electrons. The van der Waals surface area contributed by atoms with Crippen LogP contribution < -0.4 is 15.0 Å². The maximum atomic E-state index is 13.3. The maximum Gasteiger partial charge on any atom is 0.329 e. The summed E-state index contributed by atoms with van der Waals surface area (Å²) in [6.07, 6.45) is -1.59. The van der Waals surface area contributed by atoms with Gasteiger partial charge in [-0.1, -0.05) is 11.6 Å². The highest BCUT2D eigenvalue weighted by atomic mass is 35.5. The van der Waals surface area contributed by atoms with E-state index >= 15 is 0 Å². The van der Waals surface area contributed by atoms with Crippen molar-refractivity contribution in [3.63, 3.8) is 0 Å². The van der Waals surface area contributed by atoms with E-state index < -0.39 is 42.3 Å². The van der Waals surface area contributed by atoms with Crippen LogP contribution in [0.25, 0.3) is 11.1 Å². The van der Waals surface area contributed by atoms with Crippen molar-refractivity contribution < 1.29 is 37.3 Å². The van der Waals surface area contributed by atoms with Crippen molar-refractivity contribution in [3.8, 4) is 22.6 Å². The second kappa shape index (κ2) is 12.0. The van der Waals surface area contributed by atoms with Gasteiger partial charge in [0, 0.05) is 28.6 Å². The van der Waals surface area contributed by atoms with E-state index in [0.29, 0.717) is 23.8 Å². The summed E-state index contributed by atoms with van der Waals surface area (Å²) >= 11 is 6.14. The molecule has 0 N–H and O–H groups in total. The molecular formula is C25H30ClF2NO7. The minimum atomic E-state index is -2.69. The number of nitrogens with zero attached hydrogens (tertiary/aromatic N) is 1. The van der Waals surface area contributed by atoms with Gasteiger partial charge in [-0.3, -0.25) is 9.36 Å². The molecule has 2 unspecified atom stereocenters. The van der Waals surface area contributed by atoms with Gasteiger partial charge in [-0.15, -0.1) is 0 Å². The fourth-order valence-corrected chi connectivity index (χ4v) is 3.92. The van der Waals surface area contributed by atoms with Crippen LogP contribution in [0, 0.1) is 0 Å². The number of carbonyl (C=O) groups is 1. The van der Waals surface area contributed by atoms with E-state index in [9.17, 15) is 18.4 Å². The zero-order valence-corrected chi connectivity index (χ0v) is 21.3. The number of ether oxygens (including phenoxy) is 5. The molecule has 36 heavy (non-hydrogen) atoms. The number of rotatable bonds is 9. The van der Waals surface area contributed by atoms with Crippen LogP contribution >= 0.6 is 11.6 Å². The van der Waals surface area contributed by atoms with Gasteiger partial charge in [-0.05, 0) is 39.0 Å². The van der Waals surface area contributed by atoms with Crippen molar-refractivity contribution in [1.29, 1.82) is 0 Å². The normalized spacial score (nSPS) is 17.1. The number of methoxy groups -OCH3 is 1. The Morgan fingerprint density at radius 3 is 2.53 bits per heavy atom. The summed E-state index contributed by atoms with van der Waals surface area (Å²) in [5.41, 5.74) is -0.768. The van der Waals surface area contributed by atoms with E-state index in [1.54, 1.807) is 20.8 Å². The first kappa shape index (κ1) is 27.9. The Bertz CT molecular complexity index is 1110. The molecule has 3 rings (SSSR count). The summed E-state index contributed by atoms with van der Waals surface area (Å²) < 4.78 is 54.3. The van der Waals surface area contributed by atoms with E-state index in [1.165, 1.54) is 42.1 Å². The highest BCUT2D eigenvalue weighted by Crippen LogP contribution is 2.38. The Hall–Kier alpha value is -2.69. The molecule has 1 fully saturated rings. The summed E-state index contributed by atoms with van der Waals surface area (Å²) in [6.45, 7) is 5.46. The van der Waals surface area contributed by atoms with Crippen LogP contribution in [0.1, 0.15) is 33.2 Å². The summed E-state index contributed by atoms with van der Waals surface area (Å²) in [4.78, 5) is 26.5. The van der Waals surface area contributed by atoms with Gasteiger partial charge >= 0.3 is 5.97 Å². The first-order chi connectivity index (χ1) is 17.0. The molecule has 0 saturated carbocycles. The molecule has 1 aromatic carbocycles. The van der Waals surface area contributed by atoms with Crippen molar-refractivity contribution >= 4 is 17.6 Å². The number of pyridine rings is 1. The predicted octanol–water partition coefficient (Wildman–Crippen LogP) is 4.51. The largest absolute Gasteiger partial charge is 0.495 e. The summed E-state index contributed by atoms with van der Waals surface area (Å²) in [6, 6.07) is 4.64. The van der Waals surface area contributed by atoms with Gasteiger partial charge in [0.25, 0.3) is 12.0 Å². The molecule has 8 nitrogen and oxygen atoms in total. The second-order valence-corrected chi connectivity index (χ2v) is 9.63. The lowest BCUT2D eigenvalue weighted by molar-refractivity contribution is -0.162. The van der Waals surface area contributed by atoms with Crippen LogP contribution in [0.3, 0.4) is 0 Å².